The van der Waals surface area contributed by atoms with Crippen LogP contribution in [0.25, 0.3) is 5.70 Å². The number of halogens is 1. The zero-order valence-corrected chi connectivity index (χ0v) is 16.0. The van der Waals surface area contributed by atoms with Crippen LogP contribution in [-0.2, 0) is 10.0 Å². The molecule has 0 fully saturated rings. The summed E-state index contributed by atoms with van der Waals surface area (Å²) in [4.78, 5) is 4.26. The summed E-state index contributed by atoms with van der Waals surface area (Å²) in [5, 5.41) is 7.46. The highest BCUT2D eigenvalue weighted by atomic mass is 32.2. The van der Waals surface area contributed by atoms with Crippen molar-refractivity contribution in [2.45, 2.75) is 13.0 Å². The first-order valence-corrected chi connectivity index (χ1v) is 10.4. The molecule has 2 N–H and O–H groups in total. The number of sulfonamides is 1. The van der Waals surface area contributed by atoms with Crippen molar-refractivity contribution >= 4 is 27.6 Å². The van der Waals surface area contributed by atoms with Gasteiger partial charge in [-0.1, -0.05) is 42.0 Å². The van der Waals surface area contributed by atoms with E-state index in [1.54, 1.807) is 16.8 Å². The maximum atomic E-state index is 13.4. The number of allylic oxidation sites excluding steroid dienone is 1. The minimum atomic E-state index is -3.52. The molecule has 1 aliphatic heterocycles. The highest BCUT2D eigenvalue weighted by molar-refractivity contribution is 7.91. The third-order valence-corrected chi connectivity index (χ3v) is 4.87. The van der Waals surface area contributed by atoms with E-state index in [1.165, 1.54) is 12.1 Å². The van der Waals surface area contributed by atoms with Crippen LogP contribution in [0.5, 0.6) is 0 Å². The van der Waals surface area contributed by atoms with Crippen LogP contribution in [0, 0.1) is 12.7 Å². The fourth-order valence-corrected chi connectivity index (χ4v) is 3.42. The van der Waals surface area contributed by atoms with Crippen LogP contribution < -0.4 is 10.0 Å². The largest absolute Gasteiger partial charge is 0.324 e. The Morgan fingerprint density at radius 1 is 1.11 bits per heavy atom. The van der Waals surface area contributed by atoms with Gasteiger partial charge in [-0.25, -0.2) is 17.5 Å². The quantitative estimate of drug-likeness (QED) is 0.704. The number of fused-ring (bicyclic) bond motifs is 1. The van der Waals surface area contributed by atoms with Crippen LogP contribution in [-0.4, -0.2) is 29.4 Å². The second kappa shape index (κ2) is 6.75. The van der Waals surface area contributed by atoms with Crippen molar-refractivity contribution in [3.63, 3.8) is 0 Å². The van der Waals surface area contributed by atoms with Gasteiger partial charge in [-0.15, -0.1) is 5.10 Å². The maximum Gasteiger partial charge on any atom is 0.257 e. The van der Waals surface area contributed by atoms with E-state index in [1.807, 2.05) is 37.3 Å². The van der Waals surface area contributed by atoms with Crippen molar-refractivity contribution in [3.05, 3.63) is 77.1 Å². The minimum Gasteiger partial charge on any atom is -0.324 e. The summed E-state index contributed by atoms with van der Waals surface area (Å²) >= 11 is 0. The average Bonchev–Trinajstić information content (AvgIpc) is 3.02. The highest BCUT2D eigenvalue weighted by Crippen LogP contribution is 2.33. The summed E-state index contributed by atoms with van der Waals surface area (Å²) in [5.74, 6) is 0.0212. The van der Waals surface area contributed by atoms with Gasteiger partial charge >= 0.3 is 0 Å². The van der Waals surface area contributed by atoms with Crippen molar-refractivity contribution < 1.29 is 12.8 Å². The third-order valence-electron chi connectivity index (χ3n) is 4.32. The van der Waals surface area contributed by atoms with E-state index in [9.17, 15) is 12.8 Å². The lowest BCUT2D eigenvalue weighted by molar-refractivity contribution is 0.600. The van der Waals surface area contributed by atoms with Crippen LogP contribution in [0.3, 0.4) is 0 Å². The fraction of sp³-hybridized carbons (Fsp3) is 0.158. The Hall–Kier alpha value is -3.20. The molecule has 0 spiro atoms. The molecule has 0 aliphatic carbocycles. The van der Waals surface area contributed by atoms with E-state index >= 15 is 0 Å². The second-order valence-electron chi connectivity index (χ2n) is 6.65. The molecule has 0 amide bonds. The predicted molar refractivity (Wildman–Crippen MR) is 106 cm³/mol. The summed E-state index contributed by atoms with van der Waals surface area (Å²) in [6, 6.07) is 13.7. The first kappa shape index (κ1) is 18.2. The molecule has 28 heavy (non-hydrogen) atoms. The van der Waals surface area contributed by atoms with Gasteiger partial charge < -0.3 is 5.32 Å². The number of aryl methyl sites for hydroxylation is 1. The number of hydrogen-bond acceptors (Lipinski definition) is 5. The van der Waals surface area contributed by atoms with Gasteiger partial charge in [0.05, 0.1) is 6.26 Å². The van der Waals surface area contributed by atoms with Crippen molar-refractivity contribution in [3.8, 4) is 0 Å². The molecule has 0 bridgehead atoms. The van der Waals surface area contributed by atoms with Gasteiger partial charge in [0.1, 0.15) is 11.9 Å². The summed E-state index contributed by atoms with van der Waals surface area (Å²) in [7, 11) is -3.52. The molecule has 2 heterocycles. The molecule has 0 unspecified atom stereocenters. The van der Waals surface area contributed by atoms with Gasteiger partial charge in [-0.05, 0) is 36.3 Å². The molecule has 1 atom stereocenters. The number of aromatic nitrogens is 3. The minimum absolute atomic E-state index is 0.0318. The molecule has 0 saturated heterocycles. The maximum absolute atomic E-state index is 13.4. The van der Waals surface area contributed by atoms with E-state index in [0.29, 0.717) is 5.95 Å². The number of anilines is 2. The molecular formula is C19H18FN5O2S. The van der Waals surface area contributed by atoms with Gasteiger partial charge in [-0.3, -0.25) is 4.72 Å². The molecular weight excluding hydrogens is 381 g/mol. The summed E-state index contributed by atoms with van der Waals surface area (Å²) < 4.78 is 40.3. The number of nitrogens with one attached hydrogen (secondary N) is 2. The molecule has 0 radical (unpaired) electrons. The summed E-state index contributed by atoms with van der Waals surface area (Å²) in [6.07, 6.45) is 2.98. The Kier molecular flexibility index (Phi) is 4.38. The van der Waals surface area contributed by atoms with Gasteiger partial charge in [0.25, 0.3) is 5.95 Å². The first-order chi connectivity index (χ1) is 13.3. The summed E-state index contributed by atoms with van der Waals surface area (Å²) in [6.45, 7) is 2.01. The summed E-state index contributed by atoms with van der Waals surface area (Å²) in [5.41, 5.74) is 3.69. The van der Waals surface area contributed by atoms with Crippen LogP contribution in [0.1, 0.15) is 22.7 Å². The Morgan fingerprint density at radius 3 is 2.43 bits per heavy atom. The number of nitrogens with zero attached hydrogens (tertiary/aromatic N) is 3. The standard InChI is InChI=1S/C19H18FN5O2S/c1-12-3-5-13(6-4-12)16-11-17(14-7-9-15(20)10-8-14)25-19(21-16)22-18(23-25)24-28(2,26)27/h3-11,17H,1-2H3,(H2,21,22,23,24)/t17-/m0/s1. The smallest absolute Gasteiger partial charge is 0.257 e. The van der Waals surface area contributed by atoms with Crippen molar-refractivity contribution in [2.75, 3.05) is 16.3 Å². The van der Waals surface area contributed by atoms with Crippen molar-refractivity contribution in [1.29, 1.82) is 0 Å². The molecule has 7 nitrogen and oxygen atoms in total. The van der Waals surface area contributed by atoms with Crippen LogP contribution in [0.15, 0.2) is 54.6 Å². The molecule has 4 rings (SSSR count). The monoisotopic (exact) mass is 399 g/mol. The molecule has 2 aromatic carbocycles. The van der Waals surface area contributed by atoms with E-state index in [2.05, 4.69) is 20.1 Å². The number of rotatable bonds is 4. The Morgan fingerprint density at radius 2 is 1.79 bits per heavy atom. The average molecular weight is 399 g/mol. The van der Waals surface area contributed by atoms with Crippen LogP contribution >= 0.6 is 0 Å². The molecule has 1 aromatic heterocycles. The predicted octanol–water partition coefficient (Wildman–Crippen LogP) is 3.15. The normalized spacial score (nSPS) is 16.1. The van der Waals surface area contributed by atoms with Crippen molar-refractivity contribution in [2.24, 2.45) is 0 Å². The lowest BCUT2D eigenvalue weighted by Crippen LogP contribution is -2.20. The highest BCUT2D eigenvalue weighted by Gasteiger charge is 2.26. The first-order valence-electron chi connectivity index (χ1n) is 8.54. The van der Waals surface area contributed by atoms with E-state index in [-0.39, 0.29) is 17.8 Å². The van der Waals surface area contributed by atoms with Gasteiger partial charge in [0.2, 0.25) is 16.0 Å². The number of benzene rings is 2. The van der Waals surface area contributed by atoms with Gasteiger partial charge in [0.15, 0.2) is 0 Å². The van der Waals surface area contributed by atoms with Crippen molar-refractivity contribution in [1.82, 2.24) is 14.8 Å². The van der Waals surface area contributed by atoms with E-state index < -0.39 is 10.0 Å². The zero-order chi connectivity index (χ0) is 19.9. The lowest BCUT2D eigenvalue weighted by Gasteiger charge is -2.24. The molecule has 9 heteroatoms. The number of hydrogen-bond donors (Lipinski definition) is 2. The Balaban J connectivity index is 1.80. The SMILES string of the molecule is Cc1ccc(C2=C[C@@H](c3ccc(F)cc3)n3nc(NS(C)(=O)=O)nc3N2)cc1. The molecule has 1 aliphatic rings. The molecule has 144 valence electrons. The van der Waals surface area contributed by atoms with Gasteiger partial charge in [0, 0.05) is 5.70 Å². The Labute approximate surface area is 162 Å². The van der Waals surface area contributed by atoms with Crippen LogP contribution in [0.2, 0.25) is 0 Å². The molecule has 0 saturated carbocycles. The lowest BCUT2D eigenvalue weighted by atomic mass is 10.0. The Bertz CT molecular complexity index is 1150. The molecule has 3 aromatic rings. The fourth-order valence-electron chi connectivity index (χ4n) is 3.00. The van der Waals surface area contributed by atoms with Gasteiger partial charge in [-0.2, -0.15) is 4.98 Å². The zero-order valence-electron chi connectivity index (χ0n) is 15.2. The van der Waals surface area contributed by atoms with Crippen LogP contribution in [0.4, 0.5) is 16.3 Å². The van der Waals surface area contributed by atoms with E-state index in [4.69, 9.17) is 0 Å². The topological polar surface area (TPSA) is 88.9 Å². The third kappa shape index (κ3) is 3.74. The second-order valence-corrected chi connectivity index (χ2v) is 8.39. The van der Waals surface area contributed by atoms with E-state index in [0.717, 1.165) is 28.6 Å².